The number of rotatable bonds is 8. The summed E-state index contributed by atoms with van der Waals surface area (Å²) < 4.78 is 5.03. The van der Waals surface area contributed by atoms with Crippen LogP contribution >= 0.6 is 12.4 Å². The second kappa shape index (κ2) is 9.37. The molecule has 1 unspecified atom stereocenters. The highest BCUT2D eigenvalue weighted by atomic mass is 35.5. The lowest BCUT2D eigenvalue weighted by atomic mass is 9.95. The highest BCUT2D eigenvalue weighted by Crippen LogP contribution is 2.17. The summed E-state index contributed by atoms with van der Waals surface area (Å²) in [6, 6.07) is 6.60. The summed E-state index contributed by atoms with van der Waals surface area (Å²) in [5.74, 6) is -0.506. The summed E-state index contributed by atoms with van der Waals surface area (Å²) in [4.78, 5) is 24.7. The molecule has 0 radical (unpaired) electrons. The van der Waals surface area contributed by atoms with Crippen molar-refractivity contribution in [2.75, 3.05) is 27.2 Å². The highest BCUT2D eigenvalue weighted by molar-refractivity contribution is 5.98. The van der Waals surface area contributed by atoms with E-state index in [2.05, 4.69) is 0 Å². The zero-order valence-electron chi connectivity index (χ0n) is 12.5. The van der Waals surface area contributed by atoms with E-state index in [0.717, 1.165) is 6.42 Å². The molecule has 1 atom stereocenters. The van der Waals surface area contributed by atoms with E-state index in [1.54, 1.807) is 24.3 Å². The molecule has 0 saturated carbocycles. The lowest BCUT2D eigenvalue weighted by molar-refractivity contribution is -0.139. The van der Waals surface area contributed by atoms with Gasteiger partial charge in [0.05, 0.1) is 0 Å². The molecule has 1 N–H and O–H groups in total. The number of carbonyl (C=O) groups is 2. The van der Waals surface area contributed by atoms with Gasteiger partial charge in [-0.1, -0.05) is 6.92 Å². The fraction of sp³-hybridized carbons (Fsp3) is 0.467. The van der Waals surface area contributed by atoms with Crippen molar-refractivity contribution in [2.45, 2.75) is 13.3 Å². The first kappa shape index (κ1) is 19.4. The predicted octanol–water partition coefficient (Wildman–Crippen LogP) is 2.34. The smallest absolute Gasteiger partial charge is 0.341 e. The average molecular weight is 316 g/mol. The van der Waals surface area contributed by atoms with Crippen LogP contribution in [-0.4, -0.2) is 49.0 Å². The van der Waals surface area contributed by atoms with E-state index in [-0.39, 0.29) is 30.7 Å². The molecule has 1 aromatic rings. The maximum Gasteiger partial charge on any atom is 0.341 e. The Kier molecular flexibility index (Phi) is 8.66. The number of carbonyl (C=O) groups excluding carboxylic acids is 1. The molecule has 118 valence electrons. The fourth-order valence-electron chi connectivity index (χ4n) is 1.93. The van der Waals surface area contributed by atoms with Crippen molar-refractivity contribution in [2.24, 2.45) is 5.92 Å². The number of benzene rings is 1. The second-order valence-electron chi connectivity index (χ2n) is 4.94. The Bertz CT molecular complexity index is 459. The summed E-state index contributed by atoms with van der Waals surface area (Å²) in [5.41, 5.74) is 0.626. The molecule has 0 heterocycles. The van der Waals surface area contributed by atoms with E-state index in [9.17, 15) is 9.59 Å². The van der Waals surface area contributed by atoms with Crippen LogP contribution in [0.25, 0.3) is 0 Å². The zero-order valence-corrected chi connectivity index (χ0v) is 13.4. The Morgan fingerprint density at radius 1 is 1.24 bits per heavy atom. The molecule has 0 spiro atoms. The van der Waals surface area contributed by atoms with Crippen molar-refractivity contribution in [3.05, 3.63) is 29.8 Å². The van der Waals surface area contributed by atoms with Gasteiger partial charge in [-0.05, 0) is 44.8 Å². The van der Waals surface area contributed by atoms with Crippen LogP contribution in [0, 0.1) is 5.92 Å². The summed E-state index contributed by atoms with van der Waals surface area (Å²) in [5, 5.41) is 8.52. The highest BCUT2D eigenvalue weighted by Gasteiger charge is 2.18. The third kappa shape index (κ3) is 6.60. The summed E-state index contributed by atoms with van der Waals surface area (Å²) >= 11 is 0. The second-order valence-corrected chi connectivity index (χ2v) is 4.94. The van der Waals surface area contributed by atoms with Crippen molar-refractivity contribution >= 4 is 24.2 Å². The molecule has 1 rings (SSSR count). The van der Waals surface area contributed by atoms with Crippen molar-refractivity contribution in [1.82, 2.24) is 4.90 Å². The van der Waals surface area contributed by atoms with Gasteiger partial charge < -0.3 is 14.7 Å². The molecular formula is C15H22ClNO4. The lowest BCUT2D eigenvalue weighted by Gasteiger charge is -2.18. The van der Waals surface area contributed by atoms with E-state index in [1.165, 1.54) is 0 Å². The molecule has 6 heteroatoms. The Morgan fingerprint density at radius 2 is 1.81 bits per heavy atom. The third-order valence-electron chi connectivity index (χ3n) is 2.95. The first-order chi connectivity index (χ1) is 9.43. The Hall–Kier alpha value is -1.59. The lowest BCUT2D eigenvalue weighted by Crippen LogP contribution is -2.27. The number of carboxylic acids is 1. The Balaban J connectivity index is 0.00000400. The van der Waals surface area contributed by atoms with Crippen LogP contribution in [0.3, 0.4) is 0 Å². The molecule has 0 aliphatic heterocycles. The molecule has 0 amide bonds. The molecule has 0 aromatic heterocycles. The number of ether oxygens (including phenoxy) is 1. The first-order valence-electron chi connectivity index (χ1n) is 6.57. The number of aliphatic carboxylic acids is 1. The largest absolute Gasteiger partial charge is 0.482 e. The van der Waals surface area contributed by atoms with Gasteiger partial charge in [-0.2, -0.15) is 0 Å². The van der Waals surface area contributed by atoms with Gasteiger partial charge in [0.25, 0.3) is 0 Å². The molecule has 1 aromatic carbocycles. The maximum atomic E-state index is 12.3. The molecule has 5 nitrogen and oxygen atoms in total. The van der Waals surface area contributed by atoms with E-state index in [0.29, 0.717) is 17.9 Å². The van der Waals surface area contributed by atoms with Gasteiger partial charge in [0.2, 0.25) is 0 Å². The molecule has 0 aliphatic rings. The van der Waals surface area contributed by atoms with Crippen LogP contribution in [-0.2, 0) is 4.79 Å². The number of Topliss-reactive ketones (excluding diaryl/α,β-unsaturated/α-hetero) is 1. The number of nitrogens with zero attached hydrogens (tertiary/aromatic N) is 1. The molecule has 0 fully saturated rings. The van der Waals surface area contributed by atoms with Crippen LogP contribution < -0.4 is 4.74 Å². The first-order valence-corrected chi connectivity index (χ1v) is 6.57. The van der Waals surface area contributed by atoms with Crippen LogP contribution in [0.2, 0.25) is 0 Å². The van der Waals surface area contributed by atoms with Gasteiger partial charge in [0.1, 0.15) is 5.75 Å². The van der Waals surface area contributed by atoms with Crippen LogP contribution in [0.4, 0.5) is 0 Å². The Labute approximate surface area is 131 Å². The number of ketones is 1. The van der Waals surface area contributed by atoms with Crippen molar-refractivity contribution in [3.8, 4) is 5.75 Å². The van der Waals surface area contributed by atoms with Crippen LogP contribution in [0.1, 0.15) is 23.7 Å². The SMILES string of the molecule is CCC(CN(C)C)C(=O)c1ccc(OCC(=O)O)cc1.Cl. The molecule has 21 heavy (non-hydrogen) atoms. The van der Waals surface area contributed by atoms with Gasteiger partial charge in [-0.25, -0.2) is 4.79 Å². The van der Waals surface area contributed by atoms with Gasteiger partial charge in [0.15, 0.2) is 12.4 Å². The van der Waals surface area contributed by atoms with Crippen LogP contribution in [0.5, 0.6) is 5.75 Å². The maximum absolute atomic E-state index is 12.3. The van der Waals surface area contributed by atoms with Gasteiger partial charge in [-0.3, -0.25) is 4.79 Å². The summed E-state index contributed by atoms with van der Waals surface area (Å²) in [6.45, 7) is 2.33. The molecule has 0 aliphatic carbocycles. The minimum Gasteiger partial charge on any atom is -0.482 e. The fourth-order valence-corrected chi connectivity index (χ4v) is 1.93. The molecular weight excluding hydrogens is 294 g/mol. The van der Waals surface area contributed by atoms with E-state index >= 15 is 0 Å². The number of hydrogen-bond donors (Lipinski definition) is 1. The van der Waals surface area contributed by atoms with Gasteiger partial charge in [-0.15, -0.1) is 12.4 Å². The van der Waals surface area contributed by atoms with Gasteiger partial charge in [0, 0.05) is 18.0 Å². The monoisotopic (exact) mass is 315 g/mol. The number of carboxylic acid groups (broad SMARTS) is 1. The molecule has 0 saturated heterocycles. The predicted molar refractivity (Wildman–Crippen MR) is 83.5 cm³/mol. The standard InChI is InChI=1S/C15H21NO4.ClH/c1-4-11(9-16(2)3)15(19)12-5-7-13(8-6-12)20-10-14(17)18;/h5-8,11H,4,9-10H2,1-3H3,(H,17,18);1H. The van der Waals surface area contributed by atoms with Crippen molar-refractivity contribution in [1.29, 1.82) is 0 Å². The number of hydrogen-bond acceptors (Lipinski definition) is 4. The summed E-state index contributed by atoms with van der Waals surface area (Å²) in [7, 11) is 3.89. The van der Waals surface area contributed by atoms with Gasteiger partial charge >= 0.3 is 5.97 Å². The summed E-state index contributed by atoms with van der Waals surface area (Å²) in [6.07, 6.45) is 0.786. The minimum atomic E-state index is -1.03. The number of halogens is 1. The van der Waals surface area contributed by atoms with E-state index in [1.807, 2.05) is 25.9 Å². The van der Waals surface area contributed by atoms with E-state index in [4.69, 9.17) is 9.84 Å². The normalized spacial score (nSPS) is 11.6. The van der Waals surface area contributed by atoms with Crippen molar-refractivity contribution in [3.63, 3.8) is 0 Å². The van der Waals surface area contributed by atoms with E-state index < -0.39 is 5.97 Å². The third-order valence-corrected chi connectivity index (χ3v) is 2.95. The average Bonchev–Trinajstić information content (AvgIpc) is 2.42. The minimum absolute atomic E-state index is 0. The topological polar surface area (TPSA) is 66.8 Å². The quantitative estimate of drug-likeness (QED) is 0.746. The van der Waals surface area contributed by atoms with Crippen molar-refractivity contribution < 1.29 is 19.4 Å². The molecule has 0 bridgehead atoms. The zero-order chi connectivity index (χ0) is 15.1. The Morgan fingerprint density at radius 3 is 2.24 bits per heavy atom. The van der Waals surface area contributed by atoms with Crippen LogP contribution in [0.15, 0.2) is 24.3 Å².